The van der Waals surface area contributed by atoms with Gasteiger partial charge in [-0.05, 0) is 96.6 Å². The monoisotopic (exact) mass is 877 g/mol. The number of phosphoric ester groups is 1. The SMILES string of the molecule is Cc1c(C(=O)N(C)c2ccc(OP(=O)([O-])[O-])cc2)cc(-c2cc3c(cc2C(=O)N2Cc4ccccc4C[C@H]2CN2CCOCC2)CN(C(=O)Oc2ccccc2)CC3)n1C.[Na+].[Na+]. The summed E-state index contributed by atoms with van der Waals surface area (Å²) in [4.78, 5) is 72.6. The molecule has 1 atom stereocenters. The van der Waals surface area contributed by atoms with Crippen LogP contribution in [0, 0.1) is 6.92 Å². The minimum Gasteiger partial charge on any atom is -0.780 e. The quantitative estimate of drug-likeness (QED) is 0.132. The number of carbonyl (C=O) groups excluding carboxylic acids is 3. The van der Waals surface area contributed by atoms with Gasteiger partial charge in [-0.1, -0.05) is 42.5 Å². The molecule has 0 unspecified atom stereocenters. The van der Waals surface area contributed by atoms with E-state index in [4.69, 9.17) is 9.47 Å². The molecule has 8 rings (SSSR count). The van der Waals surface area contributed by atoms with Gasteiger partial charge < -0.3 is 47.6 Å². The molecule has 3 aliphatic rings. The Morgan fingerprint density at radius 1 is 0.806 bits per heavy atom. The molecule has 1 aromatic heterocycles. The van der Waals surface area contributed by atoms with Gasteiger partial charge in [-0.3, -0.25) is 14.5 Å². The largest absolute Gasteiger partial charge is 1.00 e. The number of anilines is 1. The van der Waals surface area contributed by atoms with Gasteiger partial charge >= 0.3 is 65.2 Å². The number of amides is 3. The van der Waals surface area contributed by atoms with Crippen molar-refractivity contribution >= 4 is 31.4 Å². The number of phosphoric acid groups is 1. The first-order valence-corrected chi connectivity index (χ1v) is 21.4. The summed E-state index contributed by atoms with van der Waals surface area (Å²) in [6, 6.07) is 28.4. The van der Waals surface area contributed by atoms with Crippen molar-refractivity contribution in [2.75, 3.05) is 51.3 Å². The van der Waals surface area contributed by atoms with Crippen LogP contribution in [-0.2, 0) is 42.3 Å². The average Bonchev–Trinajstić information content (AvgIpc) is 3.55. The maximum atomic E-state index is 15.4. The molecule has 3 amide bonds. The van der Waals surface area contributed by atoms with Crippen molar-refractivity contribution in [3.63, 3.8) is 0 Å². The molecule has 5 aromatic rings. The Labute approximate surface area is 405 Å². The molecule has 4 aromatic carbocycles. The number of carbonyl (C=O) groups is 3. The van der Waals surface area contributed by atoms with Gasteiger partial charge in [0.2, 0.25) is 0 Å². The van der Waals surface area contributed by atoms with E-state index in [1.54, 1.807) is 30.1 Å². The van der Waals surface area contributed by atoms with E-state index in [0.29, 0.717) is 85.2 Å². The molecule has 0 radical (unpaired) electrons. The van der Waals surface area contributed by atoms with Gasteiger partial charge in [-0.15, -0.1) is 0 Å². The van der Waals surface area contributed by atoms with Crippen LogP contribution < -0.4 is 83.1 Å². The Kier molecular flexibility index (Phi) is 15.7. The van der Waals surface area contributed by atoms with Crippen LogP contribution in [0.1, 0.15) is 48.7 Å². The summed E-state index contributed by atoms with van der Waals surface area (Å²) in [6.45, 7) is 6.50. The zero-order valence-corrected chi connectivity index (χ0v) is 40.6. The number of ether oxygens (including phenoxy) is 2. The van der Waals surface area contributed by atoms with E-state index in [-0.39, 0.29) is 89.3 Å². The minimum absolute atomic E-state index is 0. The second-order valence-electron chi connectivity index (χ2n) is 15.5. The minimum atomic E-state index is -5.25. The van der Waals surface area contributed by atoms with Crippen molar-refractivity contribution in [3.8, 4) is 22.8 Å². The molecule has 0 aliphatic carbocycles. The molecule has 4 heterocycles. The summed E-state index contributed by atoms with van der Waals surface area (Å²) in [5.41, 5.74) is 7.50. The van der Waals surface area contributed by atoms with Crippen LogP contribution in [0.3, 0.4) is 0 Å². The van der Waals surface area contributed by atoms with Crippen LogP contribution in [0.2, 0.25) is 0 Å². The van der Waals surface area contributed by atoms with Gasteiger partial charge in [0.25, 0.3) is 11.8 Å². The molecule has 3 aliphatic heterocycles. The Bertz CT molecular complexity index is 2470. The predicted molar refractivity (Wildman–Crippen MR) is 221 cm³/mol. The smallest absolute Gasteiger partial charge is 0.780 e. The second kappa shape index (κ2) is 20.4. The number of hydrogen-bond acceptors (Lipinski definition) is 10. The molecular weight excluding hydrogens is 831 g/mol. The predicted octanol–water partition coefficient (Wildman–Crippen LogP) is -1.05. The molecule has 0 bridgehead atoms. The maximum absolute atomic E-state index is 15.4. The molecule has 0 spiro atoms. The number of benzene rings is 4. The number of morpholine rings is 1. The van der Waals surface area contributed by atoms with E-state index >= 15 is 4.79 Å². The molecule has 14 nitrogen and oxygen atoms in total. The molecule has 1 fully saturated rings. The molecule has 0 N–H and O–H groups in total. The van der Waals surface area contributed by atoms with E-state index in [9.17, 15) is 23.9 Å². The standard InChI is InChI=1S/C45H48N5O9P.2Na/c1-30-39(43(51)47(3)35-13-15-38(16-14-35)59-60(54,55)56)26-42(46(30)2)40-24-32-17-18-49(45(53)58-37-11-5-4-6-12-37)27-34(32)25-41(40)44(52)50-28-33-10-8-7-9-31(33)23-36(50)29-48-19-21-57-22-20-48;;/h4-16,24-26,36H,17-23,27-29H2,1-3H3,(H2,54,55,56);;/q;2*+1/p-2/t36-;;/m0../s1. The Hall–Kier alpha value is -3.76. The van der Waals surface area contributed by atoms with Crippen LogP contribution in [0.25, 0.3) is 11.3 Å². The third-order valence-corrected chi connectivity index (χ3v) is 12.2. The normalized spacial score (nSPS) is 16.2. The summed E-state index contributed by atoms with van der Waals surface area (Å²) in [6.07, 6.45) is 0.765. The fourth-order valence-corrected chi connectivity index (χ4v) is 8.74. The van der Waals surface area contributed by atoms with Gasteiger partial charge in [0.1, 0.15) is 19.3 Å². The van der Waals surface area contributed by atoms with Gasteiger partial charge in [-0.2, -0.15) is 0 Å². The van der Waals surface area contributed by atoms with Crippen molar-refractivity contribution in [1.29, 1.82) is 0 Å². The summed E-state index contributed by atoms with van der Waals surface area (Å²) < 4.78 is 28.8. The first-order chi connectivity index (χ1) is 28.8. The maximum Gasteiger partial charge on any atom is 1.00 e. The van der Waals surface area contributed by atoms with Crippen LogP contribution in [0.5, 0.6) is 11.5 Å². The molecule has 1 saturated heterocycles. The zero-order chi connectivity index (χ0) is 42.1. The Morgan fingerprint density at radius 2 is 1.48 bits per heavy atom. The number of rotatable bonds is 9. The fourth-order valence-electron chi connectivity index (χ4n) is 8.36. The summed E-state index contributed by atoms with van der Waals surface area (Å²) >= 11 is 0. The van der Waals surface area contributed by atoms with E-state index in [1.165, 1.54) is 34.7 Å². The number of fused-ring (bicyclic) bond motifs is 2. The topological polar surface area (TPSA) is 160 Å². The van der Waals surface area contributed by atoms with Crippen LogP contribution in [0.15, 0.2) is 97.1 Å². The zero-order valence-electron chi connectivity index (χ0n) is 35.7. The fraction of sp³-hybridized carbons (Fsp3) is 0.311. The third-order valence-electron chi connectivity index (χ3n) is 11.8. The van der Waals surface area contributed by atoms with Crippen LogP contribution >= 0.6 is 7.82 Å². The number of aromatic nitrogens is 1. The van der Waals surface area contributed by atoms with E-state index in [2.05, 4.69) is 21.6 Å². The van der Waals surface area contributed by atoms with E-state index in [0.717, 1.165) is 29.8 Å². The van der Waals surface area contributed by atoms with Crippen molar-refractivity contribution in [2.24, 2.45) is 7.05 Å². The first kappa shape index (κ1) is 47.7. The van der Waals surface area contributed by atoms with Crippen molar-refractivity contribution in [3.05, 3.63) is 136 Å². The number of hydrogen-bond donors (Lipinski definition) is 0. The first-order valence-electron chi connectivity index (χ1n) is 19.9. The third kappa shape index (κ3) is 10.6. The molecule has 0 saturated carbocycles. The van der Waals surface area contributed by atoms with Crippen molar-refractivity contribution in [2.45, 2.75) is 38.9 Å². The average molecular weight is 878 g/mol. The van der Waals surface area contributed by atoms with Crippen LogP contribution in [0.4, 0.5) is 10.5 Å². The van der Waals surface area contributed by atoms with Gasteiger partial charge in [0.05, 0.1) is 18.8 Å². The Balaban J connectivity index is 0.00000321. The van der Waals surface area contributed by atoms with Gasteiger partial charge in [0, 0.05) is 87.6 Å². The summed E-state index contributed by atoms with van der Waals surface area (Å²) in [5.74, 6) is -0.182. The molecule has 62 heavy (non-hydrogen) atoms. The van der Waals surface area contributed by atoms with Crippen molar-refractivity contribution in [1.82, 2.24) is 19.3 Å². The van der Waals surface area contributed by atoms with Gasteiger partial charge in [-0.25, -0.2) is 4.79 Å². The molecule has 17 heteroatoms. The Morgan fingerprint density at radius 3 is 2.18 bits per heavy atom. The summed E-state index contributed by atoms with van der Waals surface area (Å²) in [5, 5.41) is 0. The summed E-state index contributed by atoms with van der Waals surface area (Å²) in [7, 11) is -1.78. The van der Waals surface area contributed by atoms with E-state index in [1.807, 2.05) is 65.9 Å². The van der Waals surface area contributed by atoms with Crippen LogP contribution in [-0.4, -0.2) is 89.7 Å². The van der Waals surface area contributed by atoms with Gasteiger partial charge in [0.15, 0.2) is 0 Å². The second-order valence-corrected chi connectivity index (χ2v) is 16.6. The number of nitrogens with zero attached hydrogens (tertiary/aromatic N) is 5. The van der Waals surface area contributed by atoms with E-state index < -0.39 is 13.9 Å². The molecular formula is C45H46N5Na2O9P. The molecule has 312 valence electrons. The van der Waals surface area contributed by atoms with Crippen molar-refractivity contribution < 1.29 is 102 Å². The number of para-hydroxylation sites is 1.